The number of cyclic esters (lactones) is 1. The summed E-state index contributed by atoms with van der Waals surface area (Å²) in [4.78, 5) is 40.5. The van der Waals surface area contributed by atoms with Crippen LogP contribution in [-0.4, -0.2) is 42.2 Å². The summed E-state index contributed by atoms with van der Waals surface area (Å²) in [5.41, 5.74) is 2.46. The van der Waals surface area contributed by atoms with E-state index in [1.807, 2.05) is 0 Å². The summed E-state index contributed by atoms with van der Waals surface area (Å²) in [5, 5.41) is 7.99. The van der Waals surface area contributed by atoms with Gasteiger partial charge in [0.25, 0.3) is 0 Å². The van der Waals surface area contributed by atoms with Gasteiger partial charge in [0, 0.05) is 36.3 Å². The molecule has 3 aromatic rings. The van der Waals surface area contributed by atoms with E-state index in [1.54, 1.807) is 60.9 Å². The molecule has 3 N–H and O–H groups in total. The average Bonchev–Trinajstić information content (AvgIpc) is 3.19. The fraction of sp³-hybridized carbons (Fsp3) is 0.167. The molecule has 1 atom stereocenters. The van der Waals surface area contributed by atoms with Crippen molar-refractivity contribution in [1.29, 1.82) is 0 Å². The maximum absolute atomic E-state index is 14.9. The Morgan fingerprint density at radius 2 is 1.74 bits per heavy atom. The number of halogens is 1. The Hall–Kier alpha value is -4.47. The number of hydrogen-bond donors (Lipinski definition) is 3. The molecule has 0 radical (unpaired) electrons. The molecule has 0 unspecified atom stereocenters. The molecule has 9 nitrogen and oxygen atoms in total. The SMILES string of the molecule is CC(=O)NC[C@H]1CN(c2ccc(-c3ccc(NC(=O)Nc4ccncc4)cc3)c(F)c2)C(=O)O1. The number of carbonyl (C=O) groups is 3. The number of nitrogens with one attached hydrogen (secondary N) is 3. The molecule has 2 heterocycles. The average molecular weight is 463 g/mol. The number of pyridine rings is 1. The number of hydrogen-bond acceptors (Lipinski definition) is 5. The molecule has 4 rings (SSSR count). The lowest BCUT2D eigenvalue weighted by Gasteiger charge is -2.15. The predicted molar refractivity (Wildman–Crippen MR) is 125 cm³/mol. The van der Waals surface area contributed by atoms with Crippen molar-refractivity contribution in [3.8, 4) is 11.1 Å². The summed E-state index contributed by atoms with van der Waals surface area (Å²) < 4.78 is 20.1. The lowest BCUT2D eigenvalue weighted by Crippen LogP contribution is -2.33. The Balaban J connectivity index is 1.40. The van der Waals surface area contributed by atoms with Crippen molar-refractivity contribution >= 4 is 35.1 Å². The first-order valence-corrected chi connectivity index (χ1v) is 10.5. The largest absolute Gasteiger partial charge is 0.442 e. The Morgan fingerprint density at radius 3 is 2.38 bits per heavy atom. The molecule has 10 heteroatoms. The zero-order valence-electron chi connectivity index (χ0n) is 18.2. The van der Waals surface area contributed by atoms with Crippen LogP contribution in [0.25, 0.3) is 11.1 Å². The second-order valence-corrected chi connectivity index (χ2v) is 7.61. The Morgan fingerprint density at radius 1 is 1.06 bits per heavy atom. The van der Waals surface area contributed by atoms with E-state index in [0.29, 0.717) is 28.2 Å². The summed E-state index contributed by atoms with van der Waals surface area (Å²) >= 11 is 0. The second-order valence-electron chi connectivity index (χ2n) is 7.61. The van der Waals surface area contributed by atoms with Gasteiger partial charge in [-0.2, -0.15) is 0 Å². The van der Waals surface area contributed by atoms with E-state index >= 15 is 0 Å². The molecule has 0 saturated carbocycles. The number of amides is 4. The van der Waals surface area contributed by atoms with Gasteiger partial charge in [0.15, 0.2) is 0 Å². The quantitative estimate of drug-likeness (QED) is 0.512. The van der Waals surface area contributed by atoms with Crippen LogP contribution in [0.4, 0.5) is 31.0 Å². The van der Waals surface area contributed by atoms with E-state index in [-0.39, 0.29) is 19.0 Å². The number of aromatic nitrogens is 1. The molecule has 0 spiro atoms. The standard InChI is InChI=1S/C24H22FN5O4/c1-15(31)27-13-20-14-30(24(33)34-20)19-6-7-21(22(25)12-19)16-2-4-17(5-3-16)28-23(32)29-18-8-10-26-11-9-18/h2-12,20H,13-14H2,1H3,(H,27,31)(H2,26,28,29,32)/t20-/m0/s1. The number of nitrogens with zero attached hydrogens (tertiary/aromatic N) is 2. The summed E-state index contributed by atoms with van der Waals surface area (Å²) in [7, 11) is 0. The lowest BCUT2D eigenvalue weighted by molar-refractivity contribution is -0.119. The number of anilines is 3. The summed E-state index contributed by atoms with van der Waals surface area (Å²) in [6.45, 7) is 1.78. The molecule has 1 saturated heterocycles. The Kier molecular flexibility index (Phi) is 6.67. The molecule has 1 aromatic heterocycles. The minimum atomic E-state index is -0.594. The van der Waals surface area contributed by atoms with Crippen LogP contribution in [0.3, 0.4) is 0 Å². The smallest absolute Gasteiger partial charge is 0.414 e. The third kappa shape index (κ3) is 5.47. The minimum Gasteiger partial charge on any atom is -0.442 e. The van der Waals surface area contributed by atoms with E-state index in [1.165, 1.54) is 17.9 Å². The predicted octanol–water partition coefficient (Wildman–Crippen LogP) is 3.99. The number of ether oxygens (including phenoxy) is 1. The lowest BCUT2D eigenvalue weighted by atomic mass is 10.0. The van der Waals surface area contributed by atoms with Crippen LogP contribution in [0.1, 0.15) is 6.92 Å². The molecule has 2 aromatic carbocycles. The van der Waals surface area contributed by atoms with E-state index in [2.05, 4.69) is 20.9 Å². The van der Waals surface area contributed by atoms with Crippen molar-refractivity contribution in [2.24, 2.45) is 0 Å². The van der Waals surface area contributed by atoms with Crippen molar-refractivity contribution < 1.29 is 23.5 Å². The summed E-state index contributed by atoms with van der Waals surface area (Å²) in [5.74, 6) is -0.729. The first-order chi connectivity index (χ1) is 16.4. The second kappa shape index (κ2) is 9.99. The fourth-order valence-electron chi connectivity index (χ4n) is 3.46. The molecule has 0 bridgehead atoms. The van der Waals surface area contributed by atoms with E-state index in [9.17, 15) is 18.8 Å². The molecule has 1 fully saturated rings. The maximum atomic E-state index is 14.9. The normalized spacial score (nSPS) is 14.9. The van der Waals surface area contributed by atoms with Gasteiger partial charge in [-0.05, 0) is 48.0 Å². The fourth-order valence-corrected chi connectivity index (χ4v) is 3.46. The first-order valence-electron chi connectivity index (χ1n) is 10.5. The van der Waals surface area contributed by atoms with Gasteiger partial charge in [-0.25, -0.2) is 14.0 Å². The van der Waals surface area contributed by atoms with Gasteiger partial charge < -0.3 is 20.7 Å². The van der Waals surface area contributed by atoms with Gasteiger partial charge in [0.1, 0.15) is 11.9 Å². The third-order valence-electron chi connectivity index (χ3n) is 5.11. The van der Waals surface area contributed by atoms with Crippen molar-refractivity contribution in [2.75, 3.05) is 28.6 Å². The van der Waals surface area contributed by atoms with Crippen LogP contribution < -0.4 is 20.9 Å². The molecule has 174 valence electrons. The van der Waals surface area contributed by atoms with Crippen molar-refractivity contribution in [2.45, 2.75) is 13.0 Å². The molecule has 1 aliphatic rings. The van der Waals surface area contributed by atoms with Crippen LogP contribution in [0.2, 0.25) is 0 Å². The van der Waals surface area contributed by atoms with Gasteiger partial charge in [-0.3, -0.25) is 14.7 Å². The number of benzene rings is 2. The highest BCUT2D eigenvalue weighted by atomic mass is 19.1. The molecular formula is C24H22FN5O4. The molecule has 1 aliphatic heterocycles. The van der Waals surface area contributed by atoms with Gasteiger partial charge in [0.05, 0.1) is 18.8 Å². The van der Waals surface area contributed by atoms with Gasteiger partial charge in [-0.1, -0.05) is 12.1 Å². The van der Waals surface area contributed by atoms with Gasteiger partial charge in [-0.15, -0.1) is 0 Å². The molecule has 4 amide bonds. The first kappa shape index (κ1) is 22.7. The van der Waals surface area contributed by atoms with Crippen LogP contribution >= 0.6 is 0 Å². The maximum Gasteiger partial charge on any atom is 0.414 e. The van der Waals surface area contributed by atoms with Gasteiger partial charge >= 0.3 is 12.1 Å². The van der Waals surface area contributed by atoms with Crippen LogP contribution in [-0.2, 0) is 9.53 Å². The third-order valence-corrected chi connectivity index (χ3v) is 5.11. The summed E-state index contributed by atoms with van der Waals surface area (Å²) in [6.07, 6.45) is 2.04. The minimum absolute atomic E-state index is 0.194. The van der Waals surface area contributed by atoms with Gasteiger partial charge in [0.2, 0.25) is 5.91 Å². The monoisotopic (exact) mass is 463 g/mol. The number of rotatable bonds is 6. The van der Waals surface area contributed by atoms with Crippen molar-refractivity contribution in [3.63, 3.8) is 0 Å². The summed E-state index contributed by atoms with van der Waals surface area (Å²) in [6, 6.07) is 14.1. The topological polar surface area (TPSA) is 113 Å². The zero-order valence-corrected chi connectivity index (χ0v) is 18.2. The highest BCUT2D eigenvalue weighted by Crippen LogP contribution is 2.29. The molecular weight excluding hydrogens is 441 g/mol. The van der Waals surface area contributed by atoms with Crippen LogP contribution in [0, 0.1) is 5.82 Å². The van der Waals surface area contributed by atoms with Crippen LogP contribution in [0.15, 0.2) is 67.0 Å². The van der Waals surface area contributed by atoms with Crippen molar-refractivity contribution in [1.82, 2.24) is 10.3 Å². The Bertz CT molecular complexity index is 1200. The zero-order chi connectivity index (χ0) is 24.1. The molecule has 34 heavy (non-hydrogen) atoms. The Labute approximate surface area is 194 Å². The highest BCUT2D eigenvalue weighted by Gasteiger charge is 2.32. The van der Waals surface area contributed by atoms with Crippen LogP contribution in [0.5, 0.6) is 0 Å². The number of carbonyl (C=O) groups excluding carboxylic acids is 3. The molecule has 0 aliphatic carbocycles. The van der Waals surface area contributed by atoms with E-state index in [0.717, 1.165) is 0 Å². The van der Waals surface area contributed by atoms with Crippen molar-refractivity contribution in [3.05, 3.63) is 72.8 Å². The highest BCUT2D eigenvalue weighted by molar-refractivity contribution is 5.99. The van der Waals surface area contributed by atoms with E-state index in [4.69, 9.17) is 4.74 Å². The number of urea groups is 1. The van der Waals surface area contributed by atoms with E-state index < -0.39 is 24.0 Å².